The molecule has 25 heavy (non-hydrogen) atoms. The van der Waals surface area contributed by atoms with Crippen LogP contribution < -0.4 is 5.32 Å². The van der Waals surface area contributed by atoms with Crippen molar-refractivity contribution in [2.75, 3.05) is 11.9 Å². The summed E-state index contributed by atoms with van der Waals surface area (Å²) in [7, 11) is 0. The molecule has 2 aromatic carbocycles. The molecule has 3 nitrogen and oxygen atoms in total. The first-order valence-electron chi connectivity index (χ1n) is 9.41. The standard InChI is InChI=1S/C22H28N2O/c1-3-18-9-6-7-10-20(18)23-22(25)24-16-8-4-5-11-21(24)19-14-12-17(2)13-15-19/h6-7,9-10,12-15,21H,3-5,8,11,16H2,1-2H3,(H,23,25)/t21-/m1/s1. The predicted octanol–water partition coefficient (Wildman–Crippen LogP) is 5.71. The van der Waals surface area contributed by atoms with Crippen molar-refractivity contribution >= 4 is 11.7 Å². The molecule has 0 aromatic heterocycles. The minimum absolute atomic E-state index is 0.0216. The molecule has 1 aliphatic rings. The van der Waals surface area contributed by atoms with Gasteiger partial charge in [0.1, 0.15) is 0 Å². The Morgan fingerprint density at radius 2 is 1.84 bits per heavy atom. The molecule has 0 saturated carbocycles. The fourth-order valence-corrected chi connectivity index (χ4v) is 3.62. The van der Waals surface area contributed by atoms with Crippen LogP contribution in [0.5, 0.6) is 0 Å². The highest BCUT2D eigenvalue weighted by Gasteiger charge is 2.27. The van der Waals surface area contributed by atoms with E-state index in [4.69, 9.17) is 0 Å². The Balaban J connectivity index is 1.83. The zero-order chi connectivity index (χ0) is 17.6. The van der Waals surface area contributed by atoms with E-state index < -0.39 is 0 Å². The van der Waals surface area contributed by atoms with Crippen molar-refractivity contribution in [2.24, 2.45) is 0 Å². The zero-order valence-electron chi connectivity index (χ0n) is 15.3. The number of hydrogen-bond acceptors (Lipinski definition) is 1. The number of rotatable bonds is 3. The summed E-state index contributed by atoms with van der Waals surface area (Å²) >= 11 is 0. The third kappa shape index (κ3) is 4.22. The first-order valence-corrected chi connectivity index (χ1v) is 9.41. The summed E-state index contributed by atoms with van der Waals surface area (Å²) in [6, 6.07) is 16.9. The van der Waals surface area contributed by atoms with E-state index in [0.717, 1.165) is 31.5 Å². The summed E-state index contributed by atoms with van der Waals surface area (Å²) in [5, 5.41) is 3.16. The molecule has 2 amide bonds. The van der Waals surface area contributed by atoms with Gasteiger partial charge in [-0.25, -0.2) is 4.79 Å². The fourth-order valence-electron chi connectivity index (χ4n) is 3.62. The summed E-state index contributed by atoms with van der Waals surface area (Å²) in [5.41, 5.74) is 4.61. The van der Waals surface area contributed by atoms with Crippen LogP contribution in [-0.2, 0) is 6.42 Å². The van der Waals surface area contributed by atoms with Crippen LogP contribution >= 0.6 is 0 Å². The highest BCUT2D eigenvalue weighted by molar-refractivity contribution is 5.90. The maximum absolute atomic E-state index is 13.1. The average Bonchev–Trinajstić information content (AvgIpc) is 2.89. The fraction of sp³-hybridized carbons (Fsp3) is 0.409. The normalized spacial score (nSPS) is 17.8. The summed E-state index contributed by atoms with van der Waals surface area (Å²) in [6.07, 6.45) is 5.39. The lowest BCUT2D eigenvalue weighted by Gasteiger charge is -2.31. The van der Waals surface area contributed by atoms with Gasteiger partial charge in [-0.1, -0.05) is 67.8 Å². The summed E-state index contributed by atoms with van der Waals surface area (Å²) < 4.78 is 0. The van der Waals surface area contributed by atoms with Crippen LogP contribution in [0.1, 0.15) is 55.3 Å². The number of carbonyl (C=O) groups excluding carboxylic acids is 1. The number of aryl methyl sites for hydroxylation is 2. The first kappa shape index (κ1) is 17.5. The molecule has 1 saturated heterocycles. The van der Waals surface area contributed by atoms with E-state index >= 15 is 0 Å². The van der Waals surface area contributed by atoms with Crippen LogP contribution in [0.4, 0.5) is 10.5 Å². The van der Waals surface area contributed by atoms with Crippen LogP contribution in [0.25, 0.3) is 0 Å². The van der Waals surface area contributed by atoms with Crippen molar-refractivity contribution in [1.29, 1.82) is 0 Å². The molecule has 1 aliphatic heterocycles. The van der Waals surface area contributed by atoms with E-state index in [2.05, 4.69) is 49.5 Å². The van der Waals surface area contributed by atoms with Gasteiger partial charge in [-0.15, -0.1) is 0 Å². The van der Waals surface area contributed by atoms with E-state index in [1.807, 2.05) is 23.1 Å². The van der Waals surface area contributed by atoms with Gasteiger partial charge < -0.3 is 10.2 Å². The summed E-state index contributed by atoms with van der Waals surface area (Å²) in [4.78, 5) is 15.1. The van der Waals surface area contributed by atoms with Gasteiger partial charge in [0.15, 0.2) is 0 Å². The lowest BCUT2D eigenvalue weighted by molar-refractivity contribution is 0.189. The highest BCUT2D eigenvalue weighted by Crippen LogP contribution is 2.31. The number of amides is 2. The molecular formula is C22H28N2O. The van der Waals surface area contributed by atoms with Crippen LogP contribution in [0.15, 0.2) is 48.5 Å². The van der Waals surface area contributed by atoms with E-state index in [9.17, 15) is 4.79 Å². The van der Waals surface area contributed by atoms with Crippen molar-refractivity contribution in [3.8, 4) is 0 Å². The SMILES string of the molecule is CCc1ccccc1NC(=O)N1CCCCC[C@@H]1c1ccc(C)cc1. The Labute approximate surface area is 151 Å². The van der Waals surface area contributed by atoms with Crippen molar-refractivity contribution in [3.63, 3.8) is 0 Å². The summed E-state index contributed by atoms with van der Waals surface area (Å²) in [6.45, 7) is 5.04. The van der Waals surface area contributed by atoms with Gasteiger partial charge in [-0.3, -0.25) is 0 Å². The molecule has 2 aromatic rings. The number of hydrogen-bond donors (Lipinski definition) is 1. The van der Waals surface area contributed by atoms with Gasteiger partial charge >= 0.3 is 6.03 Å². The van der Waals surface area contributed by atoms with Crippen LogP contribution in [0, 0.1) is 6.92 Å². The topological polar surface area (TPSA) is 32.3 Å². The van der Waals surface area contributed by atoms with Crippen LogP contribution in [0.2, 0.25) is 0 Å². The number of urea groups is 1. The van der Waals surface area contributed by atoms with Crippen molar-refractivity contribution in [1.82, 2.24) is 4.90 Å². The number of likely N-dealkylation sites (tertiary alicyclic amines) is 1. The second-order valence-corrected chi connectivity index (χ2v) is 6.91. The maximum atomic E-state index is 13.1. The molecule has 0 bridgehead atoms. The molecular weight excluding hydrogens is 308 g/mol. The Morgan fingerprint density at radius 1 is 1.08 bits per heavy atom. The van der Waals surface area contributed by atoms with E-state index in [-0.39, 0.29) is 12.1 Å². The van der Waals surface area contributed by atoms with Crippen molar-refractivity contribution < 1.29 is 4.79 Å². The van der Waals surface area contributed by atoms with E-state index in [1.54, 1.807) is 0 Å². The quantitative estimate of drug-likeness (QED) is 0.765. The Morgan fingerprint density at radius 3 is 2.60 bits per heavy atom. The third-order valence-electron chi connectivity index (χ3n) is 5.12. The number of para-hydroxylation sites is 1. The summed E-state index contributed by atoms with van der Waals surface area (Å²) in [5.74, 6) is 0. The maximum Gasteiger partial charge on any atom is 0.322 e. The molecule has 0 aliphatic carbocycles. The van der Waals surface area contributed by atoms with Gasteiger partial charge in [-0.2, -0.15) is 0 Å². The van der Waals surface area contributed by atoms with Crippen LogP contribution in [0.3, 0.4) is 0 Å². The molecule has 3 heteroatoms. The average molecular weight is 336 g/mol. The molecule has 1 atom stereocenters. The van der Waals surface area contributed by atoms with Gasteiger partial charge in [0.05, 0.1) is 6.04 Å². The van der Waals surface area contributed by atoms with Crippen molar-refractivity contribution in [3.05, 3.63) is 65.2 Å². The second-order valence-electron chi connectivity index (χ2n) is 6.91. The van der Waals surface area contributed by atoms with E-state index in [0.29, 0.717) is 0 Å². The van der Waals surface area contributed by atoms with Gasteiger partial charge in [0.25, 0.3) is 0 Å². The zero-order valence-corrected chi connectivity index (χ0v) is 15.3. The monoisotopic (exact) mass is 336 g/mol. The molecule has 0 radical (unpaired) electrons. The minimum atomic E-state index is 0.0216. The van der Waals surface area contributed by atoms with Gasteiger partial charge in [0, 0.05) is 12.2 Å². The largest absolute Gasteiger partial charge is 0.322 e. The highest BCUT2D eigenvalue weighted by atomic mass is 16.2. The molecule has 0 unspecified atom stereocenters. The Bertz CT molecular complexity index is 708. The Kier molecular flexibility index (Phi) is 5.75. The van der Waals surface area contributed by atoms with Gasteiger partial charge in [0.2, 0.25) is 0 Å². The molecule has 1 heterocycles. The van der Waals surface area contributed by atoms with Crippen LogP contribution in [-0.4, -0.2) is 17.5 Å². The molecule has 1 fully saturated rings. The Hall–Kier alpha value is -2.29. The molecule has 1 N–H and O–H groups in total. The second kappa shape index (κ2) is 8.19. The minimum Gasteiger partial charge on any atom is -0.317 e. The molecule has 132 valence electrons. The number of anilines is 1. The van der Waals surface area contributed by atoms with Crippen molar-refractivity contribution in [2.45, 2.75) is 52.0 Å². The van der Waals surface area contributed by atoms with Gasteiger partial charge in [-0.05, 0) is 43.4 Å². The smallest absolute Gasteiger partial charge is 0.317 e. The lowest BCUT2D eigenvalue weighted by atomic mass is 10.00. The molecule has 3 rings (SSSR count). The first-order chi connectivity index (χ1) is 12.2. The number of carbonyl (C=O) groups is 1. The number of nitrogens with one attached hydrogen (secondary N) is 1. The van der Waals surface area contributed by atoms with E-state index in [1.165, 1.54) is 29.5 Å². The number of nitrogens with zero attached hydrogens (tertiary/aromatic N) is 1. The predicted molar refractivity (Wildman–Crippen MR) is 104 cm³/mol. The third-order valence-corrected chi connectivity index (χ3v) is 5.12. The number of benzene rings is 2. The molecule has 0 spiro atoms. The lowest BCUT2D eigenvalue weighted by Crippen LogP contribution is -2.38.